The van der Waals surface area contributed by atoms with Crippen LogP contribution in [0.3, 0.4) is 0 Å². The minimum atomic E-state index is -0.320. The molecule has 4 rings (SSSR count). The summed E-state index contributed by atoms with van der Waals surface area (Å²) in [5.74, 6) is 0.511. The van der Waals surface area contributed by atoms with Crippen LogP contribution in [0.2, 0.25) is 5.02 Å². The van der Waals surface area contributed by atoms with Crippen molar-refractivity contribution >= 4 is 39.7 Å². The third kappa shape index (κ3) is 3.93. The van der Waals surface area contributed by atoms with Gasteiger partial charge < -0.3 is 10.1 Å². The van der Waals surface area contributed by atoms with E-state index in [-0.39, 0.29) is 5.97 Å². The van der Waals surface area contributed by atoms with Crippen LogP contribution in [-0.2, 0) is 11.3 Å². The lowest BCUT2D eigenvalue weighted by Gasteiger charge is -2.10. The Hall–Kier alpha value is -2.83. The van der Waals surface area contributed by atoms with E-state index >= 15 is 0 Å². The van der Waals surface area contributed by atoms with Gasteiger partial charge in [0.05, 0.1) is 6.61 Å². The Bertz CT molecular complexity index is 1210. The van der Waals surface area contributed by atoms with Gasteiger partial charge in [0.25, 0.3) is 0 Å². The lowest BCUT2D eigenvalue weighted by Crippen LogP contribution is -2.07. The van der Waals surface area contributed by atoms with Gasteiger partial charge in [0, 0.05) is 22.8 Å². The number of hydrogen-bond donors (Lipinski definition) is 1. The lowest BCUT2D eigenvalue weighted by molar-refractivity contribution is 0.0531. The van der Waals surface area contributed by atoms with Gasteiger partial charge in [-0.25, -0.2) is 9.78 Å². The average molecular weight is 440 g/mol. The number of benzene rings is 2. The van der Waals surface area contributed by atoms with Crippen LogP contribution in [0.1, 0.15) is 33.4 Å². The van der Waals surface area contributed by atoms with Crippen LogP contribution in [0.15, 0.2) is 48.5 Å². The van der Waals surface area contributed by atoms with Crippen molar-refractivity contribution in [3.63, 3.8) is 0 Å². The molecule has 0 saturated carbocycles. The topological polar surface area (TPSA) is 55.6 Å². The fourth-order valence-electron chi connectivity index (χ4n) is 3.32. The molecule has 1 N–H and O–H groups in total. The first-order chi connectivity index (χ1) is 14.5. The van der Waals surface area contributed by atoms with Gasteiger partial charge in [-0.3, -0.25) is 4.40 Å². The third-order valence-corrected chi connectivity index (χ3v) is 6.20. The minimum Gasteiger partial charge on any atom is -0.462 e. The van der Waals surface area contributed by atoms with Crippen molar-refractivity contribution in [3.05, 3.63) is 75.3 Å². The molecule has 2 heterocycles. The highest BCUT2D eigenvalue weighted by Crippen LogP contribution is 2.35. The molecule has 0 saturated heterocycles. The molecule has 5 nitrogen and oxygen atoms in total. The zero-order valence-corrected chi connectivity index (χ0v) is 18.6. The molecule has 0 aliphatic heterocycles. The first-order valence-corrected chi connectivity index (χ1v) is 10.9. The molecule has 4 aromatic rings. The van der Waals surface area contributed by atoms with Crippen molar-refractivity contribution in [2.45, 2.75) is 27.3 Å². The number of nitrogens with zero attached hydrogens (tertiary/aromatic N) is 2. The fraction of sp³-hybridized carbons (Fsp3) is 0.217. The molecule has 154 valence electrons. The van der Waals surface area contributed by atoms with E-state index in [1.807, 2.05) is 35.6 Å². The Labute approximate surface area is 184 Å². The summed E-state index contributed by atoms with van der Waals surface area (Å²) in [4.78, 5) is 18.5. The summed E-state index contributed by atoms with van der Waals surface area (Å²) < 4.78 is 7.20. The highest BCUT2D eigenvalue weighted by atomic mass is 35.5. The van der Waals surface area contributed by atoms with Gasteiger partial charge in [-0.05, 0) is 38.5 Å². The molecule has 0 amide bonds. The zero-order valence-electron chi connectivity index (χ0n) is 17.0. The Morgan fingerprint density at radius 1 is 1.20 bits per heavy atom. The fourth-order valence-corrected chi connectivity index (χ4v) is 4.53. The van der Waals surface area contributed by atoms with E-state index in [9.17, 15) is 4.79 Å². The van der Waals surface area contributed by atoms with Gasteiger partial charge >= 0.3 is 5.97 Å². The second-order valence-corrected chi connectivity index (χ2v) is 8.43. The number of thiazole rings is 1. The van der Waals surface area contributed by atoms with Crippen LogP contribution in [0.4, 0.5) is 5.82 Å². The number of fused-ring (bicyclic) bond motifs is 1. The second kappa shape index (κ2) is 8.50. The third-order valence-electron chi connectivity index (χ3n) is 4.84. The molecule has 30 heavy (non-hydrogen) atoms. The number of aromatic nitrogens is 2. The van der Waals surface area contributed by atoms with E-state index in [2.05, 4.69) is 36.5 Å². The lowest BCUT2D eigenvalue weighted by atomic mass is 10.1. The van der Waals surface area contributed by atoms with E-state index in [0.29, 0.717) is 23.1 Å². The summed E-state index contributed by atoms with van der Waals surface area (Å²) in [5, 5.41) is 4.18. The molecule has 0 unspecified atom stereocenters. The summed E-state index contributed by atoms with van der Waals surface area (Å²) in [5.41, 5.74) is 4.90. The molecule has 0 aliphatic rings. The first-order valence-electron chi connectivity index (χ1n) is 9.72. The number of hydrogen-bond acceptors (Lipinski definition) is 5. The number of nitrogens with one attached hydrogen (secondary N) is 1. The maximum atomic E-state index is 12.4. The van der Waals surface area contributed by atoms with Gasteiger partial charge in [-0.15, -0.1) is 0 Å². The van der Waals surface area contributed by atoms with Crippen LogP contribution < -0.4 is 5.32 Å². The highest BCUT2D eigenvalue weighted by molar-refractivity contribution is 7.19. The smallest absolute Gasteiger partial charge is 0.350 e. The molecule has 2 aromatic heterocycles. The summed E-state index contributed by atoms with van der Waals surface area (Å²) in [6.07, 6.45) is 0. The Kier molecular flexibility index (Phi) is 5.79. The first kappa shape index (κ1) is 20.4. The van der Waals surface area contributed by atoms with Crippen LogP contribution in [0, 0.1) is 13.8 Å². The predicted molar refractivity (Wildman–Crippen MR) is 123 cm³/mol. The molecule has 0 aliphatic carbocycles. The number of rotatable bonds is 6. The Morgan fingerprint density at radius 2 is 1.97 bits per heavy atom. The SMILES string of the molecule is CCOC(=O)c1sc2nc(-c3cccc(Cl)c3)c(NCc3ccc(C)cc3)n2c1C. The van der Waals surface area contributed by atoms with Crippen molar-refractivity contribution in [2.75, 3.05) is 11.9 Å². The van der Waals surface area contributed by atoms with Gasteiger partial charge in [0.15, 0.2) is 4.96 Å². The number of halogens is 1. The molecular weight excluding hydrogens is 418 g/mol. The number of esters is 1. The van der Waals surface area contributed by atoms with E-state index in [1.165, 1.54) is 16.9 Å². The zero-order chi connectivity index (χ0) is 21.3. The molecule has 0 fully saturated rings. The van der Waals surface area contributed by atoms with Crippen LogP contribution >= 0.6 is 22.9 Å². The number of anilines is 1. The number of aryl methyl sites for hydroxylation is 2. The number of carbonyl (C=O) groups is 1. The van der Waals surface area contributed by atoms with E-state index in [0.717, 1.165) is 33.3 Å². The van der Waals surface area contributed by atoms with Crippen molar-refractivity contribution in [2.24, 2.45) is 0 Å². The quantitative estimate of drug-likeness (QED) is 0.367. The van der Waals surface area contributed by atoms with Crippen molar-refractivity contribution in [1.29, 1.82) is 0 Å². The van der Waals surface area contributed by atoms with Gasteiger partial charge in [-0.2, -0.15) is 0 Å². The van der Waals surface area contributed by atoms with Gasteiger partial charge in [0.2, 0.25) is 0 Å². The van der Waals surface area contributed by atoms with Crippen LogP contribution in [0.5, 0.6) is 0 Å². The largest absolute Gasteiger partial charge is 0.462 e. The van der Waals surface area contributed by atoms with Gasteiger partial charge in [0.1, 0.15) is 16.4 Å². The summed E-state index contributed by atoms with van der Waals surface area (Å²) in [6.45, 7) is 6.76. The monoisotopic (exact) mass is 439 g/mol. The highest BCUT2D eigenvalue weighted by Gasteiger charge is 2.23. The predicted octanol–water partition coefficient (Wildman–Crippen LogP) is 6.12. The summed E-state index contributed by atoms with van der Waals surface area (Å²) in [6, 6.07) is 16.0. The van der Waals surface area contributed by atoms with Gasteiger partial charge in [-0.1, -0.05) is 64.9 Å². The van der Waals surface area contributed by atoms with Crippen LogP contribution in [0.25, 0.3) is 16.2 Å². The van der Waals surface area contributed by atoms with E-state index in [4.69, 9.17) is 21.3 Å². The average Bonchev–Trinajstić information content (AvgIpc) is 3.25. The summed E-state index contributed by atoms with van der Waals surface area (Å²) in [7, 11) is 0. The maximum absolute atomic E-state index is 12.4. The standard InChI is InChI=1S/C23H22ClN3O2S/c1-4-29-22(28)20-15(3)27-21(25-13-16-10-8-14(2)9-11-16)19(26-23(27)30-20)17-6-5-7-18(24)12-17/h5-12,25H,4,13H2,1-3H3. The molecule has 0 radical (unpaired) electrons. The molecule has 0 spiro atoms. The molecule has 0 bridgehead atoms. The van der Waals surface area contributed by atoms with E-state index < -0.39 is 0 Å². The molecule has 7 heteroatoms. The number of imidazole rings is 1. The van der Waals surface area contributed by atoms with Crippen molar-refractivity contribution < 1.29 is 9.53 Å². The molecule has 2 aromatic carbocycles. The van der Waals surface area contributed by atoms with Crippen molar-refractivity contribution in [1.82, 2.24) is 9.38 Å². The second-order valence-electron chi connectivity index (χ2n) is 7.01. The Balaban J connectivity index is 1.80. The Morgan fingerprint density at radius 3 is 2.67 bits per heavy atom. The number of ether oxygens (including phenoxy) is 1. The molecule has 0 atom stereocenters. The normalized spacial score (nSPS) is 11.1. The number of carbonyl (C=O) groups excluding carboxylic acids is 1. The van der Waals surface area contributed by atoms with E-state index in [1.54, 1.807) is 6.92 Å². The maximum Gasteiger partial charge on any atom is 0.350 e. The van der Waals surface area contributed by atoms with Crippen molar-refractivity contribution in [3.8, 4) is 11.3 Å². The summed E-state index contributed by atoms with van der Waals surface area (Å²) >= 11 is 7.56. The van der Waals surface area contributed by atoms with Crippen LogP contribution in [-0.4, -0.2) is 22.0 Å². The minimum absolute atomic E-state index is 0.320. The molecular formula is C23H22ClN3O2S.